The Kier molecular flexibility index (Phi) is 5.81. The molecule has 6 heteroatoms. The number of hydrogen-bond acceptors (Lipinski definition) is 4. The summed E-state index contributed by atoms with van der Waals surface area (Å²) in [6.45, 7) is 2.06. The first-order valence-electron chi connectivity index (χ1n) is 5.84. The van der Waals surface area contributed by atoms with Crippen LogP contribution in [-0.2, 0) is 9.53 Å². The Balaban J connectivity index is 2.53. The summed E-state index contributed by atoms with van der Waals surface area (Å²) in [6.07, 6.45) is 0. The molecule has 104 valence electrons. The van der Waals surface area contributed by atoms with Gasteiger partial charge < -0.3 is 20.5 Å². The Hall–Kier alpha value is -2.08. The van der Waals surface area contributed by atoms with Crippen molar-refractivity contribution in [1.29, 1.82) is 0 Å². The van der Waals surface area contributed by atoms with Gasteiger partial charge in [0, 0.05) is 13.2 Å². The fraction of sp³-hybridized carbons (Fsp3) is 0.385. The SMILES string of the molecule is COC[C@@H](C)NC(=O)COc1ccccc1C(N)=O. The molecule has 1 aromatic rings. The molecule has 0 aromatic heterocycles. The summed E-state index contributed by atoms with van der Waals surface area (Å²) in [4.78, 5) is 22.7. The predicted octanol–water partition coefficient (Wildman–Crippen LogP) is 0.315. The van der Waals surface area contributed by atoms with Gasteiger partial charge in [-0.2, -0.15) is 0 Å². The minimum Gasteiger partial charge on any atom is -0.483 e. The lowest BCUT2D eigenvalue weighted by Crippen LogP contribution is -2.38. The van der Waals surface area contributed by atoms with Crippen molar-refractivity contribution in [1.82, 2.24) is 5.32 Å². The van der Waals surface area contributed by atoms with Gasteiger partial charge in [-0.15, -0.1) is 0 Å². The highest BCUT2D eigenvalue weighted by atomic mass is 16.5. The van der Waals surface area contributed by atoms with Crippen LogP contribution in [-0.4, -0.2) is 38.2 Å². The van der Waals surface area contributed by atoms with E-state index in [1.807, 2.05) is 6.92 Å². The molecule has 0 aliphatic heterocycles. The van der Waals surface area contributed by atoms with Crippen LogP contribution < -0.4 is 15.8 Å². The Morgan fingerprint density at radius 3 is 2.68 bits per heavy atom. The van der Waals surface area contributed by atoms with E-state index in [4.69, 9.17) is 15.2 Å². The number of nitrogens with one attached hydrogen (secondary N) is 1. The number of ether oxygens (including phenoxy) is 2. The Bertz CT molecular complexity index is 448. The van der Waals surface area contributed by atoms with E-state index in [-0.39, 0.29) is 24.1 Å². The van der Waals surface area contributed by atoms with Crippen LogP contribution in [0.15, 0.2) is 24.3 Å². The summed E-state index contributed by atoms with van der Waals surface area (Å²) in [5, 5.41) is 2.69. The third-order valence-corrected chi connectivity index (χ3v) is 2.34. The summed E-state index contributed by atoms with van der Waals surface area (Å²) in [5.74, 6) is -0.586. The second-order valence-corrected chi connectivity index (χ2v) is 4.07. The maximum atomic E-state index is 11.6. The van der Waals surface area contributed by atoms with E-state index >= 15 is 0 Å². The fourth-order valence-electron chi connectivity index (χ4n) is 1.55. The number of carbonyl (C=O) groups is 2. The van der Waals surface area contributed by atoms with Crippen LogP contribution in [0.2, 0.25) is 0 Å². The molecule has 6 nitrogen and oxygen atoms in total. The number of carbonyl (C=O) groups excluding carboxylic acids is 2. The lowest BCUT2D eigenvalue weighted by atomic mass is 10.2. The highest BCUT2D eigenvalue weighted by molar-refractivity contribution is 5.95. The molecule has 0 fully saturated rings. The summed E-state index contributed by atoms with van der Waals surface area (Å²) in [5.41, 5.74) is 5.46. The van der Waals surface area contributed by atoms with Crippen molar-refractivity contribution in [3.05, 3.63) is 29.8 Å². The lowest BCUT2D eigenvalue weighted by molar-refractivity contribution is -0.124. The molecule has 3 N–H and O–H groups in total. The molecule has 0 spiro atoms. The predicted molar refractivity (Wildman–Crippen MR) is 69.9 cm³/mol. The normalized spacial score (nSPS) is 11.7. The highest BCUT2D eigenvalue weighted by Crippen LogP contribution is 2.16. The molecule has 0 heterocycles. The molecule has 0 radical (unpaired) electrons. The minimum absolute atomic E-state index is 0.104. The monoisotopic (exact) mass is 266 g/mol. The molecule has 1 rings (SSSR count). The molecule has 0 saturated heterocycles. The number of para-hydroxylation sites is 1. The summed E-state index contributed by atoms with van der Waals surface area (Å²) >= 11 is 0. The molecule has 1 atom stereocenters. The van der Waals surface area contributed by atoms with Crippen molar-refractivity contribution in [2.75, 3.05) is 20.3 Å². The van der Waals surface area contributed by atoms with Gasteiger partial charge in [0.2, 0.25) is 0 Å². The average molecular weight is 266 g/mol. The second kappa shape index (κ2) is 7.38. The van der Waals surface area contributed by atoms with Gasteiger partial charge in [-0.1, -0.05) is 12.1 Å². The molecule has 2 amide bonds. The van der Waals surface area contributed by atoms with Gasteiger partial charge in [-0.05, 0) is 19.1 Å². The van der Waals surface area contributed by atoms with E-state index in [9.17, 15) is 9.59 Å². The Morgan fingerprint density at radius 2 is 2.05 bits per heavy atom. The number of hydrogen-bond donors (Lipinski definition) is 2. The van der Waals surface area contributed by atoms with Gasteiger partial charge in [0.15, 0.2) is 6.61 Å². The lowest BCUT2D eigenvalue weighted by Gasteiger charge is -2.14. The van der Waals surface area contributed by atoms with E-state index in [0.29, 0.717) is 12.4 Å². The van der Waals surface area contributed by atoms with E-state index in [1.54, 1.807) is 31.4 Å². The zero-order valence-corrected chi connectivity index (χ0v) is 11.0. The summed E-state index contributed by atoms with van der Waals surface area (Å²) in [6, 6.07) is 6.41. The van der Waals surface area contributed by atoms with Crippen molar-refractivity contribution >= 4 is 11.8 Å². The van der Waals surface area contributed by atoms with Crippen LogP contribution in [0.3, 0.4) is 0 Å². The third-order valence-electron chi connectivity index (χ3n) is 2.34. The van der Waals surface area contributed by atoms with Crippen LogP contribution >= 0.6 is 0 Å². The second-order valence-electron chi connectivity index (χ2n) is 4.07. The number of amides is 2. The van der Waals surface area contributed by atoms with Crippen molar-refractivity contribution in [2.45, 2.75) is 13.0 Å². The van der Waals surface area contributed by atoms with Gasteiger partial charge >= 0.3 is 0 Å². The van der Waals surface area contributed by atoms with Crippen LogP contribution in [0.5, 0.6) is 5.75 Å². The van der Waals surface area contributed by atoms with Gasteiger partial charge in [0.1, 0.15) is 5.75 Å². The standard InChI is InChI=1S/C13H18N2O4/c1-9(7-18-2)15-12(16)8-19-11-6-4-3-5-10(11)13(14)17/h3-6,9H,7-8H2,1-2H3,(H2,14,17)(H,15,16)/t9-/m1/s1. The smallest absolute Gasteiger partial charge is 0.258 e. The van der Waals surface area contributed by atoms with Crippen molar-refractivity contribution in [3.63, 3.8) is 0 Å². The number of benzene rings is 1. The van der Waals surface area contributed by atoms with Gasteiger partial charge in [0.05, 0.1) is 12.2 Å². The van der Waals surface area contributed by atoms with E-state index in [1.165, 1.54) is 0 Å². The highest BCUT2D eigenvalue weighted by Gasteiger charge is 2.11. The van der Waals surface area contributed by atoms with Gasteiger partial charge in [-0.3, -0.25) is 9.59 Å². The van der Waals surface area contributed by atoms with E-state index in [2.05, 4.69) is 5.32 Å². The molecule has 0 saturated carbocycles. The number of methoxy groups -OCH3 is 1. The van der Waals surface area contributed by atoms with Crippen LogP contribution in [0, 0.1) is 0 Å². The first-order chi connectivity index (χ1) is 9.04. The van der Waals surface area contributed by atoms with Crippen LogP contribution in [0.1, 0.15) is 17.3 Å². The Morgan fingerprint density at radius 1 is 1.37 bits per heavy atom. The van der Waals surface area contributed by atoms with E-state index in [0.717, 1.165) is 0 Å². The maximum Gasteiger partial charge on any atom is 0.258 e. The quantitative estimate of drug-likeness (QED) is 0.743. The fourth-order valence-corrected chi connectivity index (χ4v) is 1.55. The van der Waals surface area contributed by atoms with Crippen LogP contribution in [0.4, 0.5) is 0 Å². The van der Waals surface area contributed by atoms with Gasteiger partial charge in [0.25, 0.3) is 11.8 Å². The van der Waals surface area contributed by atoms with Crippen molar-refractivity contribution < 1.29 is 19.1 Å². The molecule has 0 unspecified atom stereocenters. The average Bonchev–Trinajstić information content (AvgIpc) is 2.36. The Labute approximate surface area is 111 Å². The van der Waals surface area contributed by atoms with E-state index < -0.39 is 5.91 Å². The van der Waals surface area contributed by atoms with Gasteiger partial charge in [-0.25, -0.2) is 0 Å². The molecule has 1 aromatic carbocycles. The topological polar surface area (TPSA) is 90.7 Å². The third kappa shape index (κ3) is 4.97. The first-order valence-corrected chi connectivity index (χ1v) is 5.84. The molecular formula is C13H18N2O4. The zero-order valence-electron chi connectivity index (χ0n) is 11.0. The number of nitrogens with two attached hydrogens (primary N) is 1. The number of rotatable bonds is 7. The molecule has 0 aliphatic rings. The molecule has 0 aliphatic carbocycles. The summed E-state index contributed by atoms with van der Waals surface area (Å²) in [7, 11) is 1.56. The zero-order chi connectivity index (χ0) is 14.3. The molecule has 19 heavy (non-hydrogen) atoms. The maximum absolute atomic E-state index is 11.6. The summed E-state index contributed by atoms with van der Waals surface area (Å²) < 4.78 is 10.2. The molecular weight excluding hydrogens is 248 g/mol. The minimum atomic E-state index is -0.594. The first kappa shape index (κ1) is 15.0. The van der Waals surface area contributed by atoms with Crippen molar-refractivity contribution in [2.24, 2.45) is 5.73 Å². The largest absolute Gasteiger partial charge is 0.483 e. The van der Waals surface area contributed by atoms with Crippen LogP contribution in [0.25, 0.3) is 0 Å². The molecule has 0 bridgehead atoms. The van der Waals surface area contributed by atoms with Crippen molar-refractivity contribution in [3.8, 4) is 5.75 Å². The number of primary amides is 1.